The van der Waals surface area contributed by atoms with Crippen molar-refractivity contribution in [1.29, 1.82) is 0 Å². The molecule has 0 aliphatic carbocycles. The molecule has 1 N–H and O–H groups in total. The van der Waals surface area contributed by atoms with E-state index in [9.17, 15) is 9.50 Å². The monoisotopic (exact) mass is 238 g/mol. The van der Waals surface area contributed by atoms with Gasteiger partial charge in [-0.3, -0.25) is 0 Å². The van der Waals surface area contributed by atoms with E-state index in [0.717, 1.165) is 0 Å². The lowest BCUT2D eigenvalue weighted by atomic mass is 10.3. The molecule has 0 spiro atoms. The lowest BCUT2D eigenvalue weighted by Crippen LogP contribution is -1.85. The van der Waals surface area contributed by atoms with Crippen molar-refractivity contribution in [3.8, 4) is 17.2 Å². The third-order valence-corrected chi connectivity index (χ3v) is 2.25. The van der Waals surface area contributed by atoms with Gasteiger partial charge in [-0.25, -0.2) is 4.39 Å². The van der Waals surface area contributed by atoms with Gasteiger partial charge >= 0.3 is 0 Å². The van der Waals surface area contributed by atoms with Crippen LogP contribution in [0.15, 0.2) is 42.5 Å². The standard InChI is InChI=1S/C12H8ClFO2/c13-11-5-4-10(7-12(11)14)16-9-3-1-2-8(15)6-9/h1-7,15H. The molecule has 0 saturated heterocycles. The molecule has 0 saturated carbocycles. The first-order valence-corrected chi connectivity index (χ1v) is 4.95. The van der Waals surface area contributed by atoms with Crippen molar-refractivity contribution >= 4 is 11.6 Å². The van der Waals surface area contributed by atoms with Crippen LogP contribution in [0.5, 0.6) is 17.2 Å². The zero-order valence-electron chi connectivity index (χ0n) is 8.15. The van der Waals surface area contributed by atoms with Crippen LogP contribution in [0.25, 0.3) is 0 Å². The van der Waals surface area contributed by atoms with Gasteiger partial charge < -0.3 is 9.84 Å². The quantitative estimate of drug-likeness (QED) is 0.858. The summed E-state index contributed by atoms with van der Waals surface area (Å²) in [5.41, 5.74) is 0. The van der Waals surface area contributed by atoms with Gasteiger partial charge in [0.1, 0.15) is 23.1 Å². The second kappa shape index (κ2) is 4.41. The third-order valence-electron chi connectivity index (χ3n) is 1.94. The zero-order chi connectivity index (χ0) is 11.5. The van der Waals surface area contributed by atoms with Crippen LogP contribution >= 0.6 is 11.6 Å². The number of hydrogen-bond donors (Lipinski definition) is 1. The van der Waals surface area contributed by atoms with Gasteiger partial charge in [0.2, 0.25) is 0 Å². The summed E-state index contributed by atoms with van der Waals surface area (Å²) in [5, 5.41) is 9.26. The van der Waals surface area contributed by atoms with Gasteiger partial charge in [0.15, 0.2) is 0 Å². The largest absolute Gasteiger partial charge is 0.508 e. The zero-order valence-corrected chi connectivity index (χ0v) is 8.91. The summed E-state index contributed by atoms with van der Waals surface area (Å²) in [4.78, 5) is 0. The maximum absolute atomic E-state index is 13.1. The topological polar surface area (TPSA) is 29.5 Å². The molecule has 0 bridgehead atoms. The smallest absolute Gasteiger partial charge is 0.145 e. The number of phenolic OH excluding ortho intramolecular Hbond substituents is 1. The fourth-order valence-corrected chi connectivity index (χ4v) is 1.34. The number of hydrogen-bond acceptors (Lipinski definition) is 2. The van der Waals surface area contributed by atoms with E-state index in [-0.39, 0.29) is 10.8 Å². The number of aromatic hydroxyl groups is 1. The van der Waals surface area contributed by atoms with Crippen LogP contribution in [0.2, 0.25) is 5.02 Å². The van der Waals surface area contributed by atoms with Crippen LogP contribution in [0, 0.1) is 5.82 Å². The normalized spacial score (nSPS) is 10.1. The van der Waals surface area contributed by atoms with Crippen molar-refractivity contribution < 1.29 is 14.2 Å². The van der Waals surface area contributed by atoms with Crippen LogP contribution in [0.3, 0.4) is 0 Å². The highest BCUT2D eigenvalue weighted by atomic mass is 35.5. The minimum Gasteiger partial charge on any atom is -0.508 e. The molecular formula is C12H8ClFO2. The van der Waals surface area contributed by atoms with Crippen molar-refractivity contribution in [3.63, 3.8) is 0 Å². The van der Waals surface area contributed by atoms with Crippen molar-refractivity contribution in [2.24, 2.45) is 0 Å². The summed E-state index contributed by atoms with van der Waals surface area (Å²) in [6.45, 7) is 0. The van der Waals surface area contributed by atoms with E-state index < -0.39 is 5.82 Å². The molecule has 0 aliphatic rings. The molecule has 0 heterocycles. The van der Waals surface area contributed by atoms with Gasteiger partial charge in [-0.15, -0.1) is 0 Å². The van der Waals surface area contributed by atoms with E-state index in [1.165, 1.54) is 24.3 Å². The summed E-state index contributed by atoms with van der Waals surface area (Å²) >= 11 is 5.54. The number of phenols is 1. The maximum Gasteiger partial charge on any atom is 0.145 e. The molecule has 0 fully saturated rings. The van der Waals surface area contributed by atoms with E-state index in [4.69, 9.17) is 16.3 Å². The fraction of sp³-hybridized carbons (Fsp3) is 0. The van der Waals surface area contributed by atoms with Gasteiger partial charge in [-0.1, -0.05) is 17.7 Å². The second-order valence-corrected chi connectivity index (χ2v) is 3.58. The van der Waals surface area contributed by atoms with Crippen molar-refractivity contribution in [2.45, 2.75) is 0 Å². The highest BCUT2D eigenvalue weighted by molar-refractivity contribution is 6.30. The van der Waals surface area contributed by atoms with E-state index in [1.807, 2.05) is 0 Å². The molecule has 0 radical (unpaired) electrons. The summed E-state index contributed by atoms with van der Waals surface area (Å²) in [5.74, 6) is 0.306. The average molecular weight is 239 g/mol. The van der Waals surface area contributed by atoms with E-state index in [2.05, 4.69) is 0 Å². The minimum absolute atomic E-state index is 0.0447. The maximum atomic E-state index is 13.1. The van der Waals surface area contributed by atoms with Gasteiger partial charge in [-0.05, 0) is 24.3 Å². The van der Waals surface area contributed by atoms with Crippen molar-refractivity contribution in [1.82, 2.24) is 0 Å². The SMILES string of the molecule is Oc1cccc(Oc2ccc(Cl)c(F)c2)c1. The first-order chi connectivity index (χ1) is 7.65. The minimum atomic E-state index is -0.542. The van der Waals surface area contributed by atoms with Gasteiger partial charge in [0, 0.05) is 12.1 Å². The Kier molecular flexibility index (Phi) is 2.97. The van der Waals surface area contributed by atoms with Crippen LogP contribution in [0.4, 0.5) is 4.39 Å². The van der Waals surface area contributed by atoms with Gasteiger partial charge in [-0.2, -0.15) is 0 Å². The molecule has 0 aromatic heterocycles. The predicted octanol–water partition coefficient (Wildman–Crippen LogP) is 3.98. The summed E-state index contributed by atoms with van der Waals surface area (Å²) in [6, 6.07) is 10.4. The lowest BCUT2D eigenvalue weighted by Gasteiger charge is -2.06. The Bertz CT molecular complexity index is 514. The molecule has 2 aromatic carbocycles. The molecule has 0 amide bonds. The first-order valence-electron chi connectivity index (χ1n) is 4.57. The molecule has 2 aromatic rings. The molecule has 0 aliphatic heterocycles. The van der Waals surface area contributed by atoms with Crippen LogP contribution in [-0.2, 0) is 0 Å². The molecule has 0 atom stereocenters. The average Bonchev–Trinajstić information content (AvgIpc) is 2.24. The number of rotatable bonds is 2. The molecule has 2 nitrogen and oxygen atoms in total. The molecule has 2 rings (SSSR count). The number of ether oxygens (including phenoxy) is 1. The second-order valence-electron chi connectivity index (χ2n) is 3.18. The summed E-state index contributed by atoms with van der Waals surface area (Å²) in [7, 11) is 0. The van der Waals surface area contributed by atoms with Gasteiger partial charge in [0.25, 0.3) is 0 Å². The summed E-state index contributed by atoms with van der Waals surface area (Å²) < 4.78 is 18.4. The molecule has 4 heteroatoms. The lowest BCUT2D eigenvalue weighted by molar-refractivity contribution is 0.453. The summed E-state index contributed by atoms with van der Waals surface area (Å²) in [6.07, 6.45) is 0. The third kappa shape index (κ3) is 2.44. The van der Waals surface area contributed by atoms with Crippen LogP contribution < -0.4 is 4.74 Å². The van der Waals surface area contributed by atoms with E-state index >= 15 is 0 Å². The first kappa shape index (κ1) is 10.8. The Hall–Kier alpha value is -1.74. The Morgan fingerprint density at radius 1 is 1.06 bits per heavy atom. The van der Waals surface area contributed by atoms with Crippen LogP contribution in [-0.4, -0.2) is 5.11 Å². The Labute approximate surface area is 96.9 Å². The van der Waals surface area contributed by atoms with E-state index in [0.29, 0.717) is 11.5 Å². The van der Waals surface area contributed by atoms with E-state index in [1.54, 1.807) is 18.2 Å². The number of halogens is 2. The van der Waals surface area contributed by atoms with Crippen molar-refractivity contribution in [2.75, 3.05) is 0 Å². The Morgan fingerprint density at radius 2 is 1.81 bits per heavy atom. The van der Waals surface area contributed by atoms with Crippen molar-refractivity contribution in [3.05, 3.63) is 53.3 Å². The highest BCUT2D eigenvalue weighted by Crippen LogP contribution is 2.27. The molecule has 0 unspecified atom stereocenters. The molecular weight excluding hydrogens is 231 g/mol. The molecule has 82 valence electrons. The Morgan fingerprint density at radius 3 is 2.50 bits per heavy atom. The Balaban J connectivity index is 2.24. The fourth-order valence-electron chi connectivity index (χ4n) is 1.22. The predicted molar refractivity (Wildman–Crippen MR) is 59.6 cm³/mol. The van der Waals surface area contributed by atoms with Gasteiger partial charge in [0.05, 0.1) is 5.02 Å². The number of benzene rings is 2. The van der Waals surface area contributed by atoms with Crippen LogP contribution in [0.1, 0.15) is 0 Å². The highest BCUT2D eigenvalue weighted by Gasteiger charge is 2.03. The molecule has 16 heavy (non-hydrogen) atoms.